The van der Waals surface area contributed by atoms with Crippen molar-refractivity contribution in [2.75, 3.05) is 5.32 Å². The van der Waals surface area contributed by atoms with Gasteiger partial charge in [0.25, 0.3) is 5.91 Å². The number of carbonyl (C=O) groups is 1. The minimum Gasteiger partial charge on any atom is -0.479 e. The molecule has 18 heavy (non-hydrogen) atoms. The maximum atomic E-state index is 11.5. The standard InChI is InChI=1S/C13H18N2O3/c1-7-12(16)15-9-6-8(4-5-10(9)18-7)11(14)13(2,3)17/h4-7,11,17H,14H2,1-3H3,(H,15,16). The largest absolute Gasteiger partial charge is 0.479 e. The van der Waals surface area contributed by atoms with E-state index in [4.69, 9.17) is 10.5 Å². The second kappa shape index (κ2) is 4.26. The smallest absolute Gasteiger partial charge is 0.265 e. The van der Waals surface area contributed by atoms with Crippen molar-refractivity contribution >= 4 is 11.6 Å². The van der Waals surface area contributed by atoms with E-state index in [1.54, 1.807) is 39.0 Å². The van der Waals surface area contributed by atoms with Crippen LogP contribution in [0.3, 0.4) is 0 Å². The molecule has 0 saturated heterocycles. The molecule has 1 aliphatic heterocycles. The van der Waals surface area contributed by atoms with Gasteiger partial charge in [0.2, 0.25) is 0 Å². The Labute approximate surface area is 106 Å². The van der Waals surface area contributed by atoms with Gasteiger partial charge in [0.15, 0.2) is 6.10 Å². The highest BCUT2D eigenvalue weighted by Gasteiger charge is 2.28. The highest BCUT2D eigenvalue weighted by molar-refractivity contribution is 5.97. The molecule has 0 saturated carbocycles. The van der Waals surface area contributed by atoms with Crippen LogP contribution in [-0.4, -0.2) is 22.7 Å². The highest BCUT2D eigenvalue weighted by atomic mass is 16.5. The van der Waals surface area contributed by atoms with Gasteiger partial charge in [0.05, 0.1) is 17.3 Å². The molecule has 1 aromatic rings. The first kappa shape index (κ1) is 12.9. The molecule has 0 bridgehead atoms. The van der Waals surface area contributed by atoms with Gasteiger partial charge in [-0.15, -0.1) is 0 Å². The van der Waals surface area contributed by atoms with Crippen molar-refractivity contribution in [1.29, 1.82) is 0 Å². The number of aliphatic hydroxyl groups is 1. The quantitative estimate of drug-likeness (QED) is 0.735. The number of nitrogens with one attached hydrogen (secondary N) is 1. The first-order valence-electron chi connectivity index (χ1n) is 5.88. The van der Waals surface area contributed by atoms with Crippen LogP contribution in [0.15, 0.2) is 18.2 Å². The molecular formula is C13H18N2O3. The van der Waals surface area contributed by atoms with Crippen LogP contribution in [-0.2, 0) is 4.79 Å². The lowest BCUT2D eigenvalue weighted by Gasteiger charge is -2.28. The van der Waals surface area contributed by atoms with E-state index in [1.165, 1.54) is 0 Å². The van der Waals surface area contributed by atoms with Gasteiger partial charge in [-0.3, -0.25) is 4.79 Å². The minimum atomic E-state index is -1.03. The average Bonchev–Trinajstić information content (AvgIpc) is 2.28. The van der Waals surface area contributed by atoms with Crippen molar-refractivity contribution < 1.29 is 14.6 Å². The summed E-state index contributed by atoms with van der Waals surface area (Å²) < 4.78 is 5.45. The summed E-state index contributed by atoms with van der Waals surface area (Å²) >= 11 is 0. The van der Waals surface area contributed by atoms with Crippen molar-refractivity contribution in [3.8, 4) is 5.75 Å². The fourth-order valence-electron chi connectivity index (χ4n) is 1.83. The first-order chi connectivity index (χ1) is 8.29. The van der Waals surface area contributed by atoms with Crippen LogP contribution in [0, 0.1) is 0 Å². The molecule has 5 nitrogen and oxygen atoms in total. The molecule has 1 heterocycles. The molecule has 1 amide bonds. The number of amides is 1. The van der Waals surface area contributed by atoms with Crippen LogP contribution in [0.25, 0.3) is 0 Å². The van der Waals surface area contributed by atoms with Gasteiger partial charge in [-0.05, 0) is 38.5 Å². The van der Waals surface area contributed by atoms with Crippen LogP contribution < -0.4 is 15.8 Å². The topological polar surface area (TPSA) is 84.6 Å². The maximum Gasteiger partial charge on any atom is 0.265 e. The molecule has 0 spiro atoms. The summed E-state index contributed by atoms with van der Waals surface area (Å²) in [6.07, 6.45) is -0.494. The van der Waals surface area contributed by atoms with Crippen molar-refractivity contribution in [3.63, 3.8) is 0 Å². The molecule has 4 N–H and O–H groups in total. The Hall–Kier alpha value is -1.59. The molecule has 1 aromatic carbocycles. The third-order valence-electron chi connectivity index (χ3n) is 3.05. The zero-order valence-corrected chi connectivity index (χ0v) is 10.7. The molecule has 2 atom stereocenters. The summed E-state index contributed by atoms with van der Waals surface area (Å²) in [6, 6.07) is 4.76. The monoisotopic (exact) mass is 250 g/mol. The van der Waals surface area contributed by atoms with Crippen LogP contribution >= 0.6 is 0 Å². The van der Waals surface area contributed by atoms with Gasteiger partial charge in [0, 0.05) is 0 Å². The predicted molar refractivity (Wildman–Crippen MR) is 68.4 cm³/mol. The maximum absolute atomic E-state index is 11.5. The summed E-state index contributed by atoms with van der Waals surface area (Å²) in [6.45, 7) is 4.98. The van der Waals surface area contributed by atoms with Gasteiger partial charge in [-0.25, -0.2) is 0 Å². The fraction of sp³-hybridized carbons (Fsp3) is 0.462. The van der Waals surface area contributed by atoms with Crippen LogP contribution in [0.1, 0.15) is 32.4 Å². The molecule has 0 fully saturated rings. The molecule has 0 aliphatic carbocycles. The lowest BCUT2D eigenvalue weighted by atomic mass is 9.92. The van der Waals surface area contributed by atoms with Crippen molar-refractivity contribution in [2.24, 2.45) is 5.73 Å². The Morgan fingerprint density at radius 1 is 1.50 bits per heavy atom. The Kier molecular flexibility index (Phi) is 3.04. The lowest BCUT2D eigenvalue weighted by Crippen LogP contribution is -2.36. The Morgan fingerprint density at radius 3 is 2.78 bits per heavy atom. The number of carbonyl (C=O) groups excluding carboxylic acids is 1. The SMILES string of the molecule is CC1Oc2ccc(C(N)C(C)(C)O)cc2NC1=O. The lowest BCUT2D eigenvalue weighted by molar-refractivity contribution is -0.122. The van der Waals surface area contributed by atoms with E-state index in [2.05, 4.69) is 5.32 Å². The number of hydrogen-bond donors (Lipinski definition) is 3. The second-order valence-electron chi connectivity index (χ2n) is 5.14. The number of ether oxygens (including phenoxy) is 1. The van der Waals surface area contributed by atoms with E-state index < -0.39 is 17.7 Å². The number of anilines is 1. The number of rotatable bonds is 2. The van der Waals surface area contributed by atoms with Crippen LogP contribution in [0.4, 0.5) is 5.69 Å². The van der Waals surface area contributed by atoms with E-state index >= 15 is 0 Å². The van der Waals surface area contributed by atoms with E-state index in [0.717, 1.165) is 5.56 Å². The Balaban J connectivity index is 2.34. The third kappa shape index (κ3) is 2.32. The van der Waals surface area contributed by atoms with Crippen molar-refractivity contribution in [2.45, 2.75) is 38.5 Å². The molecule has 2 rings (SSSR count). The van der Waals surface area contributed by atoms with E-state index in [0.29, 0.717) is 11.4 Å². The first-order valence-corrected chi connectivity index (χ1v) is 5.88. The van der Waals surface area contributed by atoms with E-state index in [9.17, 15) is 9.90 Å². The van der Waals surface area contributed by atoms with Gasteiger partial charge < -0.3 is 20.9 Å². The predicted octanol–water partition coefficient (Wildman–Crippen LogP) is 1.18. The normalized spacial score (nSPS) is 20.7. The summed E-state index contributed by atoms with van der Waals surface area (Å²) in [5, 5.41) is 12.6. The molecule has 0 radical (unpaired) electrons. The summed E-state index contributed by atoms with van der Waals surface area (Å²) in [4.78, 5) is 11.5. The third-order valence-corrected chi connectivity index (χ3v) is 3.05. The number of fused-ring (bicyclic) bond motifs is 1. The molecule has 5 heteroatoms. The highest BCUT2D eigenvalue weighted by Crippen LogP contribution is 2.33. The molecule has 98 valence electrons. The number of benzene rings is 1. The minimum absolute atomic E-state index is 0.184. The number of nitrogens with two attached hydrogens (primary N) is 1. The second-order valence-corrected chi connectivity index (χ2v) is 5.14. The van der Waals surface area contributed by atoms with Gasteiger partial charge in [-0.2, -0.15) is 0 Å². The van der Waals surface area contributed by atoms with Crippen molar-refractivity contribution in [3.05, 3.63) is 23.8 Å². The van der Waals surface area contributed by atoms with Crippen molar-refractivity contribution in [1.82, 2.24) is 0 Å². The Bertz CT molecular complexity index is 480. The summed E-state index contributed by atoms with van der Waals surface area (Å²) in [5.74, 6) is 0.435. The summed E-state index contributed by atoms with van der Waals surface area (Å²) in [7, 11) is 0. The number of hydrogen-bond acceptors (Lipinski definition) is 4. The zero-order chi connectivity index (χ0) is 13.5. The molecule has 2 unspecified atom stereocenters. The van der Waals surface area contributed by atoms with Gasteiger partial charge >= 0.3 is 0 Å². The Morgan fingerprint density at radius 2 is 2.17 bits per heavy atom. The average molecular weight is 250 g/mol. The van der Waals surface area contributed by atoms with E-state index in [1.807, 2.05) is 0 Å². The van der Waals surface area contributed by atoms with Crippen LogP contribution in [0.2, 0.25) is 0 Å². The molecule has 1 aliphatic rings. The summed E-state index contributed by atoms with van der Waals surface area (Å²) in [5.41, 5.74) is 6.28. The fourth-order valence-corrected chi connectivity index (χ4v) is 1.83. The van der Waals surface area contributed by atoms with E-state index in [-0.39, 0.29) is 5.91 Å². The van der Waals surface area contributed by atoms with Gasteiger partial charge in [0.1, 0.15) is 5.75 Å². The molecule has 0 aromatic heterocycles. The van der Waals surface area contributed by atoms with Crippen LogP contribution in [0.5, 0.6) is 5.75 Å². The van der Waals surface area contributed by atoms with Gasteiger partial charge in [-0.1, -0.05) is 6.07 Å². The molecular weight excluding hydrogens is 232 g/mol. The zero-order valence-electron chi connectivity index (χ0n) is 10.7.